The van der Waals surface area contributed by atoms with Crippen LogP contribution in [-0.4, -0.2) is 10.9 Å². The molecule has 0 radical (unpaired) electrons. The zero-order valence-corrected chi connectivity index (χ0v) is 14.6. The van der Waals surface area contributed by atoms with Gasteiger partial charge < -0.3 is 9.73 Å². The average Bonchev–Trinajstić information content (AvgIpc) is 3.14. The second-order valence-corrected chi connectivity index (χ2v) is 6.08. The molecule has 1 N–H and O–H groups in total. The minimum atomic E-state index is -2.37. The number of carbonyl (C=O) groups excluding carboxylic acids is 1. The van der Waals surface area contributed by atoms with Crippen molar-refractivity contribution >= 4 is 22.7 Å². The molecule has 0 aliphatic carbocycles. The third-order valence-electron chi connectivity index (χ3n) is 4.19. The highest BCUT2D eigenvalue weighted by Gasteiger charge is 2.29. The quantitative estimate of drug-likeness (QED) is 0.266. The number of nitrogens with one attached hydrogen (secondary N) is 1. The molecule has 0 saturated heterocycles. The van der Waals surface area contributed by atoms with E-state index in [1.165, 1.54) is 36.4 Å². The fourth-order valence-corrected chi connectivity index (χ4v) is 2.75. The van der Waals surface area contributed by atoms with Crippen molar-refractivity contribution in [3.8, 4) is 11.5 Å². The fourth-order valence-electron chi connectivity index (χ4n) is 2.75. The third-order valence-corrected chi connectivity index (χ3v) is 4.19. The van der Waals surface area contributed by atoms with Crippen LogP contribution in [0.1, 0.15) is 10.4 Å². The lowest BCUT2D eigenvalue weighted by atomic mass is 10.1. The van der Waals surface area contributed by atoms with Gasteiger partial charge in [0.2, 0.25) is 11.7 Å². The summed E-state index contributed by atoms with van der Waals surface area (Å²) in [6.07, 6.45) is 0. The van der Waals surface area contributed by atoms with Gasteiger partial charge in [-0.3, -0.25) is 4.79 Å². The highest BCUT2D eigenvalue weighted by atomic mass is 19.2. The molecule has 0 bridgehead atoms. The number of hydrogen-bond acceptors (Lipinski definition) is 3. The molecule has 0 aliphatic heterocycles. The standard InChI is InChI=1S/C20H8F6N2O2/c21-10-4-2-1-3-9(10)20-28-11-7-8(5-6-12(11)30-20)27-19(29)13-14(22)16(24)18(26)17(25)15(13)23/h1-7H,(H,27,29). The zero-order chi connectivity index (χ0) is 21.6. The molecular weight excluding hydrogens is 414 g/mol. The first kappa shape index (κ1) is 19.5. The van der Waals surface area contributed by atoms with Crippen LogP contribution >= 0.6 is 0 Å². The van der Waals surface area contributed by atoms with Crippen molar-refractivity contribution in [3.05, 3.63) is 82.9 Å². The summed E-state index contributed by atoms with van der Waals surface area (Å²) in [5.74, 6) is -13.5. The number of oxazole rings is 1. The van der Waals surface area contributed by atoms with E-state index in [1.54, 1.807) is 6.07 Å². The Morgan fingerprint density at radius 1 is 0.833 bits per heavy atom. The van der Waals surface area contributed by atoms with Gasteiger partial charge in [-0.15, -0.1) is 0 Å². The normalized spacial score (nSPS) is 11.1. The van der Waals surface area contributed by atoms with Gasteiger partial charge in [0, 0.05) is 5.69 Å². The highest BCUT2D eigenvalue weighted by molar-refractivity contribution is 6.05. The molecular formula is C20H8F6N2O2. The van der Waals surface area contributed by atoms with Crippen LogP contribution in [0, 0.1) is 34.9 Å². The monoisotopic (exact) mass is 422 g/mol. The number of aromatic nitrogens is 1. The number of carbonyl (C=O) groups is 1. The van der Waals surface area contributed by atoms with E-state index in [-0.39, 0.29) is 28.2 Å². The topological polar surface area (TPSA) is 55.1 Å². The summed E-state index contributed by atoms with van der Waals surface area (Å²) in [6, 6.07) is 9.51. The number of rotatable bonds is 3. The molecule has 30 heavy (non-hydrogen) atoms. The molecule has 152 valence electrons. The predicted molar refractivity (Wildman–Crippen MR) is 93.6 cm³/mol. The number of fused-ring (bicyclic) bond motifs is 1. The molecule has 4 nitrogen and oxygen atoms in total. The lowest BCUT2D eigenvalue weighted by molar-refractivity contribution is 0.101. The SMILES string of the molecule is O=C(Nc1ccc2oc(-c3ccccc3F)nc2c1)c1c(F)c(F)c(F)c(F)c1F. The van der Waals surface area contributed by atoms with Gasteiger partial charge in [-0.2, -0.15) is 0 Å². The Bertz CT molecular complexity index is 1290. The molecule has 1 amide bonds. The fraction of sp³-hybridized carbons (Fsp3) is 0. The first-order valence-electron chi connectivity index (χ1n) is 8.26. The summed E-state index contributed by atoms with van der Waals surface area (Å²) < 4.78 is 86.7. The molecule has 0 fully saturated rings. The first-order chi connectivity index (χ1) is 14.3. The maximum Gasteiger partial charge on any atom is 0.261 e. The van der Waals surface area contributed by atoms with Crippen molar-refractivity contribution in [1.29, 1.82) is 0 Å². The van der Waals surface area contributed by atoms with Crippen LogP contribution in [0.25, 0.3) is 22.6 Å². The molecule has 0 aliphatic rings. The Hall–Kier alpha value is -3.82. The maximum absolute atomic E-state index is 13.9. The number of benzene rings is 3. The molecule has 0 atom stereocenters. The second kappa shape index (κ2) is 7.21. The lowest BCUT2D eigenvalue weighted by Gasteiger charge is -2.09. The molecule has 0 saturated carbocycles. The average molecular weight is 422 g/mol. The van der Waals surface area contributed by atoms with Crippen molar-refractivity contribution in [2.45, 2.75) is 0 Å². The Morgan fingerprint density at radius 2 is 1.47 bits per heavy atom. The molecule has 10 heteroatoms. The maximum atomic E-state index is 13.9. The van der Waals surface area contributed by atoms with E-state index in [0.29, 0.717) is 0 Å². The molecule has 4 aromatic rings. The molecule has 4 rings (SSSR count). The van der Waals surface area contributed by atoms with Crippen molar-refractivity contribution < 1.29 is 35.6 Å². The minimum absolute atomic E-state index is 0.0497. The van der Waals surface area contributed by atoms with E-state index in [9.17, 15) is 31.1 Å². The van der Waals surface area contributed by atoms with Gasteiger partial charge in [0.15, 0.2) is 28.9 Å². The molecule has 0 unspecified atom stereocenters. The van der Waals surface area contributed by atoms with E-state index in [1.807, 2.05) is 5.32 Å². The zero-order valence-electron chi connectivity index (χ0n) is 14.6. The molecule has 3 aromatic carbocycles. The number of anilines is 1. The largest absolute Gasteiger partial charge is 0.436 e. The van der Waals surface area contributed by atoms with Crippen molar-refractivity contribution in [2.75, 3.05) is 5.32 Å². The summed E-state index contributed by atoms with van der Waals surface area (Å²) >= 11 is 0. The third kappa shape index (κ3) is 3.15. The van der Waals surface area contributed by atoms with Gasteiger partial charge in [-0.05, 0) is 30.3 Å². The minimum Gasteiger partial charge on any atom is -0.436 e. The van der Waals surface area contributed by atoms with Gasteiger partial charge >= 0.3 is 0 Å². The number of halogens is 6. The Balaban J connectivity index is 1.69. The summed E-state index contributed by atoms with van der Waals surface area (Å²) in [7, 11) is 0. The molecule has 1 aromatic heterocycles. The van der Waals surface area contributed by atoms with Gasteiger partial charge in [-0.25, -0.2) is 31.3 Å². The molecule has 1 heterocycles. The molecule has 0 spiro atoms. The van der Waals surface area contributed by atoms with Gasteiger partial charge in [-0.1, -0.05) is 12.1 Å². The van der Waals surface area contributed by atoms with Gasteiger partial charge in [0.05, 0.1) is 5.56 Å². The van der Waals surface area contributed by atoms with Crippen LogP contribution in [0.5, 0.6) is 0 Å². The van der Waals surface area contributed by atoms with Crippen LogP contribution in [0.4, 0.5) is 32.0 Å². The van der Waals surface area contributed by atoms with Crippen LogP contribution in [0.15, 0.2) is 46.9 Å². The van der Waals surface area contributed by atoms with Crippen molar-refractivity contribution in [1.82, 2.24) is 4.98 Å². The predicted octanol–water partition coefficient (Wildman–Crippen LogP) is 5.58. The second-order valence-electron chi connectivity index (χ2n) is 6.08. The Morgan fingerprint density at radius 3 is 2.13 bits per heavy atom. The summed E-state index contributed by atoms with van der Waals surface area (Å²) in [4.78, 5) is 16.2. The van der Waals surface area contributed by atoms with E-state index in [4.69, 9.17) is 4.42 Å². The number of nitrogens with zero attached hydrogens (tertiary/aromatic N) is 1. The van der Waals surface area contributed by atoms with Crippen molar-refractivity contribution in [3.63, 3.8) is 0 Å². The number of amides is 1. The van der Waals surface area contributed by atoms with Crippen LogP contribution < -0.4 is 5.32 Å². The van der Waals surface area contributed by atoms with Crippen LogP contribution in [0.3, 0.4) is 0 Å². The summed E-state index contributed by atoms with van der Waals surface area (Å²) in [6.45, 7) is 0. The number of hydrogen-bond donors (Lipinski definition) is 1. The van der Waals surface area contributed by atoms with Gasteiger partial charge in [0.25, 0.3) is 5.91 Å². The van der Waals surface area contributed by atoms with E-state index in [0.717, 1.165) is 0 Å². The Kier molecular flexibility index (Phi) is 4.69. The summed E-state index contributed by atoms with van der Waals surface area (Å²) in [5.41, 5.74) is -1.24. The van der Waals surface area contributed by atoms with Gasteiger partial charge in [0.1, 0.15) is 16.9 Å². The lowest BCUT2D eigenvalue weighted by Crippen LogP contribution is -2.19. The van der Waals surface area contributed by atoms with E-state index < -0.39 is 46.4 Å². The van der Waals surface area contributed by atoms with E-state index in [2.05, 4.69) is 4.98 Å². The first-order valence-corrected chi connectivity index (χ1v) is 8.26. The smallest absolute Gasteiger partial charge is 0.261 e. The van der Waals surface area contributed by atoms with Crippen LogP contribution in [-0.2, 0) is 0 Å². The highest BCUT2D eigenvalue weighted by Crippen LogP contribution is 2.29. The van der Waals surface area contributed by atoms with Crippen LogP contribution in [0.2, 0.25) is 0 Å². The van der Waals surface area contributed by atoms with Crippen molar-refractivity contribution in [2.24, 2.45) is 0 Å². The summed E-state index contributed by atoms with van der Waals surface area (Å²) in [5, 5.41) is 2.04. The Labute approximate surface area is 163 Å². The van der Waals surface area contributed by atoms with E-state index >= 15 is 0 Å².